The van der Waals surface area contributed by atoms with Crippen molar-refractivity contribution < 1.29 is 9.84 Å². The van der Waals surface area contributed by atoms with Crippen LogP contribution in [0.1, 0.15) is 12.8 Å². The Labute approximate surface area is 43.1 Å². The quantitative estimate of drug-likeness (QED) is 0.472. The third kappa shape index (κ3) is 1.45. The van der Waals surface area contributed by atoms with E-state index >= 15 is 0 Å². The molecule has 0 aliphatic carbocycles. The van der Waals surface area contributed by atoms with Crippen molar-refractivity contribution in [1.82, 2.24) is 0 Å². The molecule has 1 saturated heterocycles. The molecule has 0 radical (unpaired) electrons. The number of aliphatic hydroxyl groups excluding tert-OH is 1. The first-order valence-corrected chi connectivity index (χ1v) is 2.65. The van der Waals surface area contributed by atoms with Gasteiger partial charge in [0.1, 0.15) is 0 Å². The summed E-state index contributed by atoms with van der Waals surface area (Å²) in [5.74, 6) is 0. The smallest absolute Gasteiger partial charge is 0.0774 e. The predicted molar refractivity (Wildman–Crippen MR) is 26.1 cm³/mol. The molecule has 42 valence electrons. The van der Waals surface area contributed by atoms with Gasteiger partial charge in [0.2, 0.25) is 0 Å². The maximum atomic E-state index is 8.78. The van der Waals surface area contributed by atoms with E-state index in [1.165, 1.54) is 0 Å². The van der Waals surface area contributed by atoms with E-state index in [1.807, 2.05) is 0 Å². The van der Waals surface area contributed by atoms with Gasteiger partial charge in [0, 0.05) is 6.61 Å². The van der Waals surface area contributed by atoms with Crippen molar-refractivity contribution >= 4 is 0 Å². The van der Waals surface area contributed by atoms with Crippen LogP contribution in [0, 0.1) is 0 Å². The zero-order valence-electron chi connectivity index (χ0n) is 4.26. The van der Waals surface area contributed by atoms with Crippen LogP contribution in [0.15, 0.2) is 0 Å². The average Bonchev–Trinajstić information content (AvgIpc) is 1.69. The van der Waals surface area contributed by atoms with Gasteiger partial charge in [-0.05, 0) is 12.8 Å². The van der Waals surface area contributed by atoms with Gasteiger partial charge >= 0.3 is 0 Å². The Hall–Kier alpha value is -0.0800. The molecule has 7 heavy (non-hydrogen) atoms. The van der Waals surface area contributed by atoms with Crippen LogP contribution in [0.3, 0.4) is 0 Å². The van der Waals surface area contributed by atoms with Crippen molar-refractivity contribution in [2.45, 2.75) is 18.9 Å². The molecule has 0 spiro atoms. The maximum absolute atomic E-state index is 8.78. The highest BCUT2D eigenvalue weighted by Gasteiger charge is 2.07. The second-order valence-corrected chi connectivity index (χ2v) is 1.87. The summed E-state index contributed by atoms with van der Waals surface area (Å²) >= 11 is 0. The normalized spacial score (nSPS) is 33.0. The van der Waals surface area contributed by atoms with Gasteiger partial charge in [-0.3, -0.25) is 0 Å². The molecule has 1 N–H and O–H groups in total. The van der Waals surface area contributed by atoms with Crippen LogP contribution in [0.2, 0.25) is 0 Å². The van der Waals surface area contributed by atoms with Gasteiger partial charge in [0.15, 0.2) is 0 Å². The summed E-state index contributed by atoms with van der Waals surface area (Å²) in [6.07, 6.45) is 1.75. The molecule has 0 unspecified atom stereocenters. The van der Waals surface area contributed by atoms with Gasteiger partial charge in [0.25, 0.3) is 0 Å². The summed E-state index contributed by atoms with van der Waals surface area (Å²) in [4.78, 5) is 0. The largest absolute Gasteiger partial charge is 0.391 e. The van der Waals surface area contributed by atoms with Gasteiger partial charge in [-0.1, -0.05) is 0 Å². The van der Waals surface area contributed by atoms with Crippen LogP contribution in [0.25, 0.3) is 0 Å². The molecule has 0 bridgehead atoms. The van der Waals surface area contributed by atoms with Crippen molar-refractivity contribution in [3.05, 3.63) is 0 Å². The monoisotopic (exact) mass is 102 g/mol. The van der Waals surface area contributed by atoms with Gasteiger partial charge in [0.05, 0.1) is 12.7 Å². The zero-order valence-corrected chi connectivity index (χ0v) is 4.26. The lowest BCUT2D eigenvalue weighted by molar-refractivity contribution is -0.00535. The number of hydrogen-bond acceptors (Lipinski definition) is 2. The first kappa shape index (κ1) is 5.06. The van der Waals surface area contributed by atoms with Crippen molar-refractivity contribution in [2.75, 3.05) is 13.2 Å². The van der Waals surface area contributed by atoms with Crippen LogP contribution in [-0.2, 0) is 4.74 Å². The Bertz CT molecular complexity index is 48.0. The fourth-order valence-corrected chi connectivity index (χ4v) is 0.724. The maximum Gasteiger partial charge on any atom is 0.0774 e. The lowest BCUT2D eigenvalue weighted by atomic mass is 10.2. The fraction of sp³-hybridized carbons (Fsp3) is 1.00. The fourth-order valence-electron chi connectivity index (χ4n) is 0.724. The Kier molecular flexibility index (Phi) is 1.65. The molecule has 0 aromatic heterocycles. The third-order valence-electron chi connectivity index (χ3n) is 1.14. The molecule has 2 heteroatoms. The number of aliphatic hydroxyl groups is 1. The molecule has 1 aliphatic heterocycles. The predicted octanol–water partition coefficient (Wildman–Crippen LogP) is 0.158. The Balaban J connectivity index is 2.12. The van der Waals surface area contributed by atoms with Crippen LogP contribution in [0.4, 0.5) is 0 Å². The first-order chi connectivity index (χ1) is 3.39. The summed E-state index contributed by atoms with van der Waals surface area (Å²) in [6.45, 7) is 1.37. The molecular formula is C5H10O2. The van der Waals surface area contributed by atoms with Crippen LogP contribution >= 0.6 is 0 Å². The van der Waals surface area contributed by atoms with E-state index in [0.29, 0.717) is 6.61 Å². The van der Waals surface area contributed by atoms with E-state index in [2.05, 4.69) is 0 Å². The molecule has 0 aromatic carbocycles. The highest BCUT2D eigenvalue weighted by Crippen LogP contribution is 2.03. The van der Waals surface area contributed by atoms with E-state index in [4.69, 9.17) is 9.84 Å². The minimum atomic E-state index is -0.186. The minimum Gasteiger partial charge on any atom is -0.391 e. The van der Waals surface area contributed by atoms with E-state index < -0.39 is 0 Å². The summed E-state index contributed by atoms with van der Waals surface area (Å²) < 4.78 is 4.93. The van der Waals surface area contributed by atoms with Crippen molar-refractivity contribution in [2.24, 2.45) is 0 Å². The molecule has 2 nitrogen and oxygen atoms in total. The van der Waals surface area contributed by atoms with Crippen molar-refractivity contribution in [1.29, 1.82) is 0 Å². The van der Waals surface area contributed by atoms with E-state index in [0.717, 1.165) is 19.4 Å². The molecule has 1 rings (SSSR count). The zero-order chi connectivity index (χ0) is 5.11. The van der Waals surface area contributed by atoms with E-state index in [1.54, 1.807) is 0 Å². The summed E-state index contributed by atoms with van der Waals surface area (Å²) in [7, 11) is 0. The molecule has 0 saturated carbocycles. The molecule has 1 heterocycles. The van der Waals surface area contributed by atoms with Gasteiger partial charge in [-0.15, -0.1) is 0 Å². The first-order valence-electron chi connectivity index (χ1n) is 2.65. The lowest BCUT2D eigenvalue weighted by Crippen LogP contribution is -2.21. The highest BCUT2D eigenvalue weighted by atomic mass is 16.5. The second kappa shape index (κ2) is 2.28. The molecule has 1 fully saturated rings. The van der Waals surface area contributed by atoms with Crippen molar-refractivity contribution in [3.63, 3.8) is 0 Å². The molecule has 1 atom stereocenters. The summed E-state index contributed by atoms with van der Waals surface area (Å²) in [5, 5.41) is 8.78. The van der Waals surface area contributed by atoms with Gasteiger partial charge < -0.3 is 9.84 Å². The number of hydrogen-bond donors (Lipinski definition) is 1. The van der Waals surface area contributed by atoms with Gasteiger partial charge in [-0.2, -0.15) is 0 Å². The lowest BCUT2D eigenvalue weighted by Gasteiger charge is -2.15. The molecule has 0 amide bonds. The minimum absolute atomic E-state index is 0.186. The molecule has 1 aliphatic rings. The highest BCUT2D eigenvalue weighted by molar-refractivity contribution is 4.57. The topological polar surface area (TPSA) is 29.5 Å². The van der Waals surface area contributed by atoms with Gasteiger partial charge in [-0.25, -0.2) is 0 Å². The number of ether oxygens (including phenoxy) is 1. The van der Waals surface area contributed by atoms with E-state index in [9.17, 15) is 0 Å². The van der Waals surface area contributed by atoms with Crippen molar-refractivity contribution in [3.8, 4) is 0 Å². The van der Waals surface area contributed by atoms with E-state index in [-0.39, 0.29) is 6.10 Å². The van der Waals surface area contributed by atoms with Crippen LogP contribution < -0.4 is 0 Å². The molecular weight excluding hydrogens is 92.1 g/mol. The average molecular weight is 102 g/mol. The second-order valence-electron chi connectivity index (χ2n) is 1.87. The van der Waals surface area contributed by atoms with Crippen LogP contribution in [-0.4, -0.2) is 24.4 Å². The Morgan fingerprint density at radius 2 is 2.43 bits per heavy atom. The third-order valence-corrected chi connectivity index (χ3v) is 1.14. The summed E-state index contributed by atoms with van der Waals surface area (Å²) in [6, 6.07) is 0. The SMILES string of the molecule is O[C@H]1CCCOC1. The summed E-state index contributed by atoms with van der Waals surface area (Å²) in [5.41, 5.74) is 0. The standard InChI is InChI=1S/C5H10O2/c6-5-2-1-3-7-4-5/h5-6H,1-4H2/t5-/m0/s1. The van der Waals surface area contributed by atoms with Crippen LogP contribution in [0.5, 0.6) is 0 Å². The Morgan fingerprint density at radius 1 is 1.57 bits per heavy atom. The molecule has 0 aromatic rings. The Morgan fingerprint density at radius 3 is 2.71 bits per heavy atom. The number of rotatable bonds is 0.